The van der Waals surface area contributed by atoms with Crippen molar-refractivity contribution < 1.29 is 18.9 Å². The molecule has 2 rings (SSSR count). The van der Waals surface area contributed by atoms with Gasteiger partial charge in [0.1, 0.15) is 0 Å². The van der Waals surface area contributed by atoms with Gasteiger partial charge in [0.05, 0.1) is 13.7 Å². The van der Waals surface area contributed by atoms with Crippen molar-refractivity contribution >= 4 is 0 Å². The molecule has 0 aliphatic carbocycles. The Labute approximate surface area is 120 Å². The van der Waals surface area contributed by atoms with Gasteiger partial charge in [0, 0.05) is 19.7 Å². The minimum atomic E-state index is 0.256. The molecule has 1 aromatic rings. The van der Waals surface area contributed by atoms with Crippen LogP contribution in [0.1, 0.15) is 19.4 Å². The lowest BCUT2D eigenvalue weighted by Crippen LogP contribution is -2.20. The summed E-state index contributed by atoms with van der Waals surface area (Å²) in [5.41, 5.74) is 1.11. The summed E-state index contributed by atoms with van der Waals surface area (Å²) in [6.45, 7) is 7.64. The minimum Gasteiger partial charge on any atom is -0.493 e. The molecule has 0 radical (unpaired) electrons. The molecule has 0 aromatic heterocycles. The standard InChI is InChI=1S/C15H23NO4/c1-11(2)9-18-5-4-16-8-12-6-13(17-3)15-14(7-12)19-10-20-15/h6-7,11,16H,4-5,8-10H2,1-3H3. The monoisotopic (exact) mass is 281 g/mol. The Morgan fingerprint density at radius 2 is 2.15 bits per heavy atom. The molecular formula is C15H23NO4. The molecular weight excluding hydrogens is 258 g/mol. The highest BCUT2D eigenvalue weighted by Gasteiger charge is 2.19. The molecule has 0 fully saturated rings. The summed E-state index contributed by atoms with van der Waals surface area (Å²) >= 11 is 0. The Bertz CT molecular complexity index is 434. The molecule has 112 valence electrons. The molecule has 1 N–H and O–H groups in total. The predicted octanol–water partition coefficient (Wildman–Crippen LogP) is 2.19. The van der Waals surface area contributed by atoms with Gasteiger partial charge in [-0.2, -0.15) is 0 Å². The van der Waals surface area contributed by atoms with E-state index in [1.165, 1.54) is 0 Å². The highest BCUT2D eigenvalue weighted by Crippen LogP contribution is 2.41. The zero-order valence-corrected chi connectivity index (χ0v) is 12.4. The average molecular weight is 281 g/mol. The van der Waals surface area contributed by atoms with Gasteiger partial charge in [-0.25, -0.2) is 0 Å². The second-order valence-electron chi connectivity index (χ2n) is 5.18. The molecule has 0 amide bonds. The molecule has 20 heavy (non-hydrogen) atoms. The summed E-state index contributed by atoms with van der Waals surface area (Å²) < 4.78 is 21.6. The number of ether oxygens (including phenoxy) is 4. The third-order valence-electron chi connectivity index (χ3n) is 2.92. The highest BCUT2D eigenvalue weighted by atomic mass is 16.7. The van der Waals surface area contributed by atoms with Gasteiger partial charge in [-0.1, -0.05) is 13.8 Å². The first-order valence-electron chi connectivity index (χ1n) is 6.95. The van der Waals surface area contributed by atoms with Crippen LogP contribution in [0.15, 0.2) is 12.1 Å². The van der Waals surface area contributed by atoms with Gasteiger partial charge in [0.25, 0.3) is 0 Å². The summed E-state index contributed by atoms with van der Waals surface area (Å²) in [5, 5.41) is 3.34. The topological polar surface area (TPSA) is 49.0 Å². The highest BCUT2D eigenvalue weighted by molar-refractivity contribution is 5.55. The van der Waals surface area contributed by atoms with Gasteiger partial charge < -0.3 is 24.3 Å². The van der Waals surface area contributed by atoms with Gasteiger partial charge >= 0.3 is 0 Å². The van der Waals surface area contributed by atoms with Crippen LogP contribution < -0.4 is 19.5 Å². The SMILES string of the molecule is COc1cc(CNCCOCC(C)C)cc2c1OCO2. The van der Waals surface area contributed by atoms with E-state index < -0.39 is 0 Å². The van der Waals surface area contributed by atoms with Gasteiger partial charge in [-0.05, 0) is 23.6 Å². The quantitative estimate of drug-likeness (QED) is 0.740. The van der Waals surface area contributed by atoms with E-state index >= 15 is 0 Å². The van der Waals surface area contributed by atoms with Crippen molar-refractivity contribution in [2.45, 2.75) is 20.4 Å². The molecule has 5 nitrogen and oxygen atoms in total. The number of rotatable bonds is 8. The van der Waals surface area contributed by atoms with Gasteiger partial charge in [-0.15, -0.1) is 0 Å². The van der Waals surface area contributed by atoms with Crippen LogP contribution in [0.25, 0.3) is 0 Å². The summed E-state index contributed by atoms with van der Waals surface area (Å²) in [5.74, 6) is 2.73. The van der Waals surface area contributed by atoms with Crippen molar-refractivity contribution in [3.8, 4) is 17.2 Å². The third-order valence-corrected chi connectivity index (χ3v) is 2.92. The predicted molar refractivity (Wildman–Crippen MR) is 76.5 cm³/mol. The van der Waals surface area contributed by atoms with E-state index in [0.29, 0.717) is 17.4 Å². The summed E-state index contributed by atoms with van der Waals surface area (Å²) in [4.78, 5) is 0. The van der Waals surface area contributed by atoms with E-state index in [1.54, 1.807) is 7.11 Å². The fourth-order valence-electron chi connectivity index (χ4n) is 1.98. The average Bonchev–Trinajstić information content (AvgIpc) is 2.89. The first-order chi connectivity index (χ1) is 9.70. The molecule has 0 unspecified atom stereocenters. The smallest absolute Gasteiger partial charge is 0.231 e. The minimum absolute atomic E-state index is 0.256. The second kappa shape index (κ2) is 7.36. The van der Waals surface area contributed by atoms with Crippen LogP contribution in [0.2, 0.25) is 0 Å². The Morgan fingerprint density at radius 1 is 1.30 bits per heavy atom. The summed E-state index contributed by atoms with van der Waals surface area (Å²) in [7, 11) is 1.63. The van der Waals surface area contributed by atoms with Gasteiger partial charge in [0.15, 0.2) is 11.5 Å². The molecule has 1 aliphatic heterocycles. The van der Waals surface area contributed by atoms with E-state index in [9.17, 15) is 0 Å². The largest absolute Gasteiger partial charge is 0.493 e. The molecule has 0 spiro atoms. The van der Waals surface area contributed by atoms with E-state index in [1.807, 2.05) is 12.1 Å². The molecule has 0 bridgehead atoms. The molecule has 1 aliphatic rings. The molecule has 1 heterocycles. The fraction of sp³-hybridized carbons (Fsp3) is 0.600. The van der Waals surface area contributed by atoms with E-state index in [0.717, 1.165) is 37.6 Å². The van der Waals surface area contributed by atoms with E-state index in [4.69, 9.17) is 18.9 Å². The number of benzene rings is 1. The Morgan fingerprint density at radius 3 is 2.90 bits per heavy atom. The van der Waals surface area contributed by atoms with Crippen molar-refractivity contribution in [1.29, 1.82) is 0 Å². The Hall–Kier alpha value is -1.46. The Kier molecular flexibility index (Phi) is 5.49. The van der Waals surface area contributed by atoms with Crippen molar-refractivity contribution in [2.24, 2.45) is 5.92 Å². The van der Waals surface area contributed by atoms with Crippen LogP contribution in [0.4, 0.5) is 0 Å². The zero-order valence-electron chi connectivity index (χ0n) is 12.4. The second-order valence-corrected chi connectivity index (χ2v) is 5.18. The lowest BCUT2D eigenvalue weighted by atomic mass is 10.2. The number of nitrogens with one attached hydrogen (secondary N) is 1. The number of methoxy groups -OCH3 is 1. The van der Waals surface area contributed by atoms with E-state index in [2.05, 4.69) is 19.2 Å². The van der Waals surface area contributed by atoms with Crippen LogP contribution in [0, 0.1) is 5.92 Å². The number of hydrogen-bond acceptors (Lipinski definition) is 5. The molecule has 0 saturated heterocycles. The van der Waals surface area contributed by atoms with Crippen LogP contribution in [-0.4, -0.2) is 33.7 Å². The number of hydrogen-bond donors (Lipinski definition) is 1. The van der Waals surface area contributed by atoms with Crippen LogP contribution in [0.3, 0.4) is 0 Å². The van der Waals surface area contributed by atoms with Crippen LogP contribution in [-0.2, 0) is 11.3 Å². The fourth-order valence-corrected chi connectivity index (χ4v) is 1.98. The van der Waals surface area contributed by atoms with Crippen molar-refractivity contribution in [2.75, 3.05) is 33.7 Å². The van der Waals surface area contributed by atoms with Crippen LogP contribution in [0.5, 0.6) is 17.2 Å². The van der Waals surface area contributed by atoms with E-state index in [-0.39, 0.29) is 6.79 Å². The lowest BCUT2D eigenvalue weighted by molar-refractivity contribution is 0.111. The van der Waals surface area contributed by atoms with Crippen molar-refractivity contribution in [3.05, 3.63) is 17.7 Å². The first-order valence-corrected chi connectivity index (χ1v) is 6.95. The summed E-state index contributed by atoms with van der Waals surface area (Å²) in [6, 6.07) is 3.95. The maximum absolute atomic E-state index is 5.52. The summed E-state index contributed by atoms with van der Waals surface area (Å²) in [6.07, 6.45) is 0. The van der Waals surface area contributed by atoms with Crippen molar-refractivity contribution in [3.63, 3.8) is 0 Å². The van der Waals surface area contributed by atoms with Crippen molar-refractivity contribution in [1.82, 2.24) is 5.32 Å². The van der Waals surface area contributed by atoms with Crippen LogP contribution >= 0.6 is 0 Å². The van der Waals surface area contributed by atoms with Gasteiger partial charge in [0.2, 0.25) is 12.5 Å². The molecule has 1 aromatic carbocycles. The maximum atomic E-state index is 5.52. The zero-order chi connectivity index (χ0) is 14.4. The lowest BCUT2D eigenvalue weighted by Gasteiger charge is -2.10. The van der Waals surface area contributed by atoms with Gasteiger partial charge in [-0.3, -0.25) is 0 Å². The maximum Gasteiger partial charge on any atom is 0.231 e. The normalized spacial score (nSPS) is 13.0. The molecule has 0 atom stereocenters. The molecule has 5 heteroatoms. The molecule has 0 saturated carbocycles. The Balaban J connectivity index is 1.79. The first kappa shape index (κ1) is 14.9. The third kappa shape index (κ3) is 4.02. The number of fused-ring (bicyclic) bond motifs is 1.